The number of fused-ring (bicyclic) bond motifs is 11. The summed E-state index contributed by atoms with van der Waals surface area (Å²) in [5, 5.41) is 12.0. The van der Waals surface area contributed by atoms with Gasteiger partial charge in [-0.3, -0.25) is 0 Å². The van der Waals surface area contributed by atoms with E-state index in [1.807, 2.05) is 0 Å². The van der Waals surface area contributed by atoms with Crippen molar-refractivity contribution in [3.05, 3.63) is 326 Å². The molecule has 1 aliphatic carbocycles. The predicted octanol–water partition coefficient (Wildman–Crippen LogP) is 20.6. The van der Waals surface area contributed by atoms with Crippen LogP contribution in [0.1, 0.15) is 22.3 Å². The van der Waals surface area contributed by atoms with Gasteiger partial charge in [-0.25, -0.2) is 19.9 Å². The van der Waals surface area contributed by atoms with E-state index in [-0.39, 0.29) is 0 Å². The quantitative estimate of drug-likeness (QED) is 0.142. The van der Waals surface area contributed by atoms with Crippen molar-refractivity contribution in [1.82, 2.24) is 19.9 Å². The smallest absolute Gasteiger partial charge is 0.160 e. The Morgan fingerprint density at radius 2 is 0.541 bits per heavy atom. The van der Waals surface area contributed by atoms with Crippen LogP contribution in [0.15, 0.2) is 303 Å². The molecule has 16 aromatic rings. The largest absolute Gasteiger partial charge is 0.228 e. The Kier molecular flexibility index (Phi) is 11.1. The summed E-state index contributed by atoms with van der Waals surface area (Å²) in [5.41, 5.74) is 18.5. The lowest BCUT2D eigenvalue weighted by Gasteiger charge is -2.34. The Morgan fingerprint density at radius 3 is 0.965 bits per heavy atom. The average molecular weight is 1080 g/mol. The molecule has 14 aromatic carbocycles. The van der Waals surface area contributed by atoms with E-state index in [4.69, 9.17) is 19.9 Å². The molecule has 2 aromatic heterocycles. The second kappa shape index (κ2) is 19.5. The molecule has 0 bridgehead atoms. The highest BCUT2D eigenvalue weighted by Crippen LogP contribution is 2.57. The minimum atomic E-state index is -0.732. The Morgan fingerprint density at radius 1 is 0.212 bits per heavy atom. The molecule has 4 heteroatoms. The normalized spacial score (nSPS) is 12.6. The summed E-state index contributed by atoms with van der Waals surface area (Å²) in [6, 6.07) is 110. The SMILES string of the molecule is c1ccc(C2(c3ccccc3)c3cc(-c4nc(-c5ccc(-c6cc7ccccc7c7ccccc67)cc5)c5ccccc5n4)ccc3-c3ccc(-c4nc(-c5ccc(-c6cc7ccccc7c7ccccc67)cc5)c5ccccc5n4)cc32)cc1. The van der Waals surface area contributed by atoms with Crippen LogP contribution in [0.4, 0.5) is 0 Å². The van der Waals surface area contributed by atoms with E-state index in [0.29, 0.717) is 11.6 Å². The Hall–Kier alpha value is -11.2. The molecule has 0 spiro atoms. The zero-order chi connectivity index (χ0) is 56.0. The molecule has 17 rings (SSSR count). The molecule has 394 valence electrons. The Balaban J connectivity index is 0.795. The summed E-state index contributed by atoms with van der Waals surface area (Å²) < 4.78 is 0. The lowest BCUT2D eigenvalue weighted by molar-refractivity contribution is 0.768. The summed E-state index contributed by atoms with van der Waals surface area (Å²) in [7, 11) is 0. The minimum Gasteiger partial charge on any atom is -0.228 e. The monoisotopic (exact) mass is 1080 g/mol. The number of hydrogen-bond acceptors (Lipinski definition) is 4. The van der Waals surface area contributed by atoms with Gasteiger partial charge in [0.2, 0.25) is 0 Å². The van der Waals surface area contributed by atoms with Crippen LogP contribution >= 0.6 is 0 Å². The van der Waals surface area contributed by atoms with Crippen LogP contribution in [0.25, 0.3) is 144 Å². The van der Waals surface area contributed by atoms with E-state index in [2.05, 4.69) is 303 Å². The van der Waals surface area contributed by atoms with Gasteiger partial charge in [0, 0.05) is 33.0 Å². The molecule has 0 saturated carbocycles. The van der Waals surface area contributed by atoms with Crippen molar-refractivity contribution in [1.29, 1.82) is 0 Å². The standard InChI is InChI=1S/C81H50N4/c1-3-21-59(22-4-1)81(60-23-5-2-6-24-60)73-49-57(79-82-75-33-17-15-31-69(75)77(84-79)53-39-35-51(36-40-53)71-47-55-19-7-9-25-61(55)63-27-11-13-29-65(63)71)43-45-67(73)68-46-44-58(50-74(68)81)80-83-76-34-18-16-32-70(76)78(85-80)54-41-37-52(38-42-54)72-48-56-20-8-10-26-62(56)64-28-12-14-30-66(64)72/h1-50H. The van der Waals surface area contributed by atoms with E-state index < -0.39 is 5.41 Å². The van der Waals surface area contributed by atoms with Crippen LogP contribution in [0.2, 0.25) is 0 Å². The van der Waals surface area contributed by atoms with Gasteiger partial charge >= 0.3 is 0 Å². The van der Waals surface area contributed by atoms with Gasteiger partial charge in [-0.15, -0.1) is 0 Å². The van der Waals surface area contributed by atoms with E-state index in [1.54, 1.807) is 0 Å². The van der Waals surface area contributed by atoms with Crippen LogP contribution in [0.5, 0.6) is 0 Å². The molecule has 4 nitrogen and oxygen atoms in total. The zero-order valence-electron chi connectivity index (χ0n) is 46.2. The second-order valence-corrected chi connectivity index (χ2v) is 22.4. The number of rotatable bonds is 8. The van der Waals surface area contributed by atoms with E-state index in [1.165, 1.54) is 65.3 Å². The molecule has 0 unspecified atom stereocenters. The first-order valence-corrected chi connectivity index (χ1v) is 29.1. The maximum absolute atomic E-state index is 5.53. The molecule has 0 saturated heterocycles. The minimum absolute atomic E-state index is 0.670. The summed E-state index contributed by atoms with van der Waals surface area (Å²) in [6.45, 7) is 0. The molecular weight excluding hydrogens is 1030 g/mol. The van der Waals surface area contributed by atoms with Crippen molar-refractivity contribution in [3.63, 3.8) is 0 Å². The molecule has 2 heterocycles. The third-order valence-electron chi connectivity index (χ3n) is 17.7. The second-order valence-electron chi connectivity index (χ2n) is 22.4. The highest BCUT2D eigenvalue weighted by Gasteiger charge is 2.46. The molecule has 85 heavy (non-hydrogen) atoms. The van der Waals surface area contributed by atoms with Gasteiger partial charge in [0.1, 0.15) is 0 Å². The lowest BCUT2D eigenvalue weighted by Crippen LogP contribution is -2.28. The van der Waals surface area contributed by atoms with Gasteiger partial charge in [-0.05, 0) is 135 Å². The number of aromatic nitrogens is 4. The topological polar surface area (TPSA) is 51.6 Å². The van der Waals surface area contributed by atoms with Crippen LogP contribution in [-0.4, -0.2) is 19.9 Å². The van der Waals surface area contributed by atoms with Crippen molar-refractivity contribution in [3.8, 4) is 78.7 Å². The molecular formula is C81H50N4. The van der Waals surface area contributed by atoms with Crippen LogP contribution in [-0.2, 0) is 5.41 Å². The predicted molar refractivity (Wildman–Crippen MR) is 353 cm³/mol. The fourth-order valence-corrected chi connectivity index (χ4v) is 13.8. The van der Waals surface area contributed by atoms with Gasteiger partial charge in [0.25, 0.3) is 0 Å². The number of benzene rings is 14. The van der Waals surface area contributed by atoms with Crippen LogP contribution < -0.4 is 0 Å². The third-order valence-corrected chi connectivity index (χ3v) is 17.7. The molecule has 1 aliphatic rings. The molecule has 0 fully saturated rings. The van der Waals surface area contributed by atoms with Gasteiger partial charge in [0.15, 0.2) is 11.6 Å². The summed E-state index contributed by atoms with van der Waals surface area (Å²) >= 11 is 0. The van der Waals surface area contributed by atoms with E-state index >= 15 is 0 Å². The van der Waals surface area contributed by atoms with E-state index in [9.17, 15) is 0 Å². The molecule has 0 atom stereocenters. The van der Waals surface area contributed by atoms with Crippen molar-refractivity contribution >= 4 is 64.9 Å². The summed E-state index contributed by atoms with van der Waals surface area (Å²) in [5.74, 6) is 1.34. The number of nitrogens with zero attached hydrogens (tertiary/aromatic N) is 4. The lowest BCUT2D eigenvalue weighted by atomic mass is 9.67. The van der Waals surface area contributed by atoms with Crippen molar-refractivity contribution in [2.45, 2.75) is 5.41 Å². The Labute approximate surface area is 491 Å². The van der Waals surface area contributed by atoms with Crippen molar-refractivity contribution in [2.24, 2.45) is 0 Å². The first kappa shape index (κ1) is 48.5. The fraction of sp³-hybridized carbons (Fsp3) is 0.0123. The number of para-hydroxylation sites is 2. The zero-order valence-corrected chi connectivity index (χ0v) is 46.2. The number of hydrogen-bond donors (Lipinski definition) is 0. The van der Waals surface area contributed by atoms with Gasteiger partial charge in [-0.2, -0.15) is 0 Å². The third kappa shape index (κ3) is 7.76. The summed E-state index contributed by atoms with van der Waals surface area (Å²) in [6.07, 6.45) is 0. The highest BCUT2D eigenvalue weighted by molar-refractivity contribution is 6.15. The Bertz CT molecular complexity index is 5010. The molecule has 0 radical (unpaired) electrons. The highest BCUT2D eigenvalue weighted by atomic mass is 14.9. The molecule has 0 amide bonds. The van der Waals surface area contributed by atoms with Crippen LogP contribution in [0, 0.1) is 0 Å². The first-order chi connectivity index (χ1) is 42.1. The van der Waals surface area contributed by atoms with Gasteiger partial charge in [-0.1, -0.05) is 267 Å². The van der Waals surface area contributed by atoms with Crippen molar-refractivity contribution < 1.29 is 0 Å². The van der Waals surface area contributed by atoms with Gasteiger partial charge < -0.3 is 0 Å². The molecule has 0 N–H and O–H groups in total. The first-order valence-electron chi connectivity index (χ1n) is 29.1. The maximum Gasteiger partial charge on any atom is 0.160 e. The van der Waals surface area contributed by atoms with E-state index in [0.717, 1.165) is 88.8 Å². The van der Waals surface area contributed by atoms with Gasteiger partial charge in [0.05, 0.1) is 27.8 Å². The molecule has 0 aliphatic heterocycles. The van der Waals surface area contributed by atoms with Crippen molar-refractivity contribution in [2.75, 3.05) is 0 Å². The fourth-order valence-electron chi connectivity index (χ4n) is 13.8. The maximum atomic E-state index is 5.53. The van der Waals surface area contributed by atoms with Crippen LogP contribution in [0.3, 0.4) is 0 Å². The average Bonchev–Trinajstić information content (AvgIpc) is 1.62. The summed E-state index contributed by atoms with van der Waals surface area (Å²) in [4.78, 5) is 21.8.